The number of carbonyl (C=O) groups is 3. The highest BCUT2D eigenvalue weighted by molar-refractivity contribution is 8.02. The van der Waals surface area contributed by atoms with Crippen molar-refractivity contribution in [1.29, 1.82) is 0 Å². The summed E-state index contributed by atoms with van der Waals surface area (Å²) in [6, 6.07) is 4.65. The van der Waals surface area contributed by atoms with Crippen molar-refractivity contribution in [2.75, 3.05) is 31.2 Å². The first-order valence-corrected chi connectivity index (χ1v) is 12.6. The predicted octanol–water partition coefficient (Wildman–Crippen LogP) is 2.73. The Balaban J connectivity index is 1.66. The quantitative estimate of drug-likeness (QED) is 0.503. The zero-order valence-electron chi connectivity index (χ0n) is 19.1. The van der Waals surface area contributed by atoms with Crippen LogP contribution in [-0.4, -0.2) is 69.6 Å². The molecule has 4 heterocycles. The van der Waals surface area contributed by atoms with Gasteiger partial charge >= 0.3 is 5.97 Å². The number of fused-ring (bicyclic) bond motifs is 2. The molecule has 5 rings (SSSR count). The van der Waals surface area contributed by atoms with Gasteiger partial charge in [0.2, 0.25) is 5.91 Å². The Morgan fingerprint density at radius 2 is 1.97 bits per heavy atom. The van der Waals surface area contributed by atoms with Gasteiger partial charge in [-0.15, -0.1) is 11.8 Å². The van der Waals surface area contributed by atoms with Crippen molar-refractivity contribution < 1.29 is 24.2 Å². The lowest BCUT2D eigenvalue weighted by Crippen LogP contribution is -2.53. The van der Waals surface area contributed by atoms with E-state index in [2.05, 4.69) is 0 Å². The maximum Gasteiger partial charge on any atom is 0.311 e. The molecule has 180 valence electrons. The van der Waals surface area contributed by atoms with Crippen LogP contribution in [0.5, 0.6) is 0 Å². The lowest BCUT2D eigenvalue weighted by molar-refractivity contribution is -0.152. The van der Waals surface area contributed by atoms with Crippen LogP contribution >= 0.6 is 23.4 Å². The van der Waals surface area contributed by atoms with Gasteiger partial charge in [-0.3, -0.25) is 14.4 Å². The largest absolute Gasteiger partial charge is 0.461 e. The van der Waals surface area contributed by atoms with Crippen LogP contribution in [0.3, 0.4) is 0 Å². The summed E-state index contributed by atoms with van der Waals surface area (Å²) in [5.74, 6) is -2.35. The maximum atomic E-state index is 14.3. The van der Waals surface area contributed by atoms with E-state index >= 15 is 0 Å². The summed E-state index contributed by atoms with van der Waals surface area (Å²) < 4.78 is 3.80. The highest BCUT2D eigenvalue weighted by atomic mass is 35.5. The van der Waals surface area contributed by atoms with Gasteiger partial charge in [0.15, 0.2) is 0 Å². The molecule has 1 unspecified atom stereocenters. The topological polar surface area (TPSA) is 87.2 Å². The molecule has 2 amide bonds. The molecule has 0 aromatic heterocycles. The third-order valence-corrected chi connectivity index (χ3v) is 9.43. The average Bonchev–Trinajstić information content (AvgIpc) is 3.04. The number of amides is 2. The lowest BCUT2D eigenvalue weighted by atomic mass is 9.75. The molecule has 1 aromatic carbocycles. The maximum absolute atomic E-state index is 14.3. The molecule has 1 spiro atoms. The molecule has 5 atom stereocenters. The third-order valence-electron chi connectivity index (χ3n) is 7.33. The number of para-hydroxylation sites is 1. The number of thioether (sulfide) groups is 1. The van der Waals surface area contributed by atoms with Crippen LogP contribution in [0.4, 0.5) is 5.69 Å². The molecule has 1 aromatic rings. The van der Waals surface area contributed by atoms with Gasteiger partial charge in [-0.2, -0.15) is 0 Å². The number of esters is 1. The van der Waals surface area contributed by atoms with Gasteiger partial charge in [-0.25, -0.2) is 0 Å². The fourth-order valence-corrected chi connectivity index (χ4v) is 8.48. The van der Waals surface area contributed by atoms with Crippen molar-refractivity contribution in [3.63, 3.8) is 0 Å². The molecule has 7 nitrogen and oxygen atoms in total. The minimum Gasteiger partial charge on any atom is -0.461 e. The second-order valence-electron chi connectivity index (χ2n) is 9.40. The number of nitrogens with zero attached hydrogens (tertiary/aromatic N) is 2. The van der Waals surface area contributed by atoms with E-state index in [1.807, 2.05) is 50.3 Å². The Bertz CT molecular complexity index is 1100. The summed E-state index contributed by atoms with van der Waals surface area (Å²) in [6.07, 6.45) is 7.96. The molecule has 2 saturated heterocycles. The first kappa shape index (κ1) is 23.5. The normalized spacial score (nSPS) is 34.5. The Labute approximate surface area is 207 Å². The van der Waals surface area contributed by atoms with Crippen molar-refractivity contribution in [2.24, 2.45) is 11.8 Å². The summed E-state index contributed by atoms with van der Waals surface area (Å²) in [7, 11) is 0. The first-order chi connectivity index (χ1) is 16.2. The van der Waals surface area contributed by atoms with Gasteiger partial charge in [0.05, 0.1) is 27.3 Å². The van der Waals surface area contributed by atoms with E-state index in [1.165, 1.54) is 11.8 Å². The van der Waals surface area contributed by atoms with Crippen LogP contribution in [0.2, 0.25) is 5.02 Å². The van der Waals surface area contributed by atoms with Crippen molar-refractivity contribution >= 4 is 46.8 Å². The zero-order chi connectivity index (χ0) is 24.3. The minimum atomic E-state index is -0.937. The number of likely N-dealkylation sites (tertiary alicyclic amines) is 1. The Morgan fingerprint density at radius 3 is 2.71 bits per heavy atom. The number of hydrogen-bond acceptors (Lipinski definition) is 6. The molecule has 0 aliphatic carbocycles. The number of carbonyl (C=O) groups excluding carboxylic acids is 3. The number of halogens is 1. The average molecular weight is 503 g/mol. The van der Waals surface area contributed by atoms with Crippen LogP contribution in [0, 0.1) is 18.8 Å². The second kappa shape index (κ2) is 8.43. The number of anilines is 1. The Morgan fingerprint density at radius 1 is 1.18 bits per heavy atom. The number of benzene rings is 1. The van der Waals surface area contributed by atoms with Crippen molar-refractivity contribution in [1.82, 2.24) is 4.90 Å². The Kier molecular flexibility index (Phi) is 5.81. The molecule has 34 heavy (non-hydrogen) atoms. The molecule has 4 aliphatic heterocycles. The third kappa shape index (κ3) is 3.26. The van der Waals surface area contributed by atoms with Crippen LogP contribution in [0.1, 0.15) is 18.9 Å². The van der Waals surface area contributed by atoms with Gasteiger partial charge in [0, 0.05) is 24.4 Å². The summed E-state index contributed by atoms with van der Waals surface area (Å²) in [5, 5.41) is 9.95. The van der Waals surface area contributed by atoms with Gasteiger partial charge in [-0.05, 0) is 38.0 Å². The number of aryl methyl sites for hydroxylation is 1. The number of rotatable bonds is 4. The molecular weight excluding hydrogens is 476 g/mol. The predicted molar refractivity (Wildman–Crippen MR) is 131 cm³/mol. The number of hydrogen-bond donors (Lipinski definition) is 1. The van der Waals surface area contributed by atoms with Gasteiger partial charge in [0.1, 0.15) is 12.6 Å². The van der Waals surface area contributed by atoms with E-state index in [9.17, 15) is 19.5 Å². The molecule has 2 fully saturated rings. The molecule has 9 heteroatoms. The highest BCUT2D eigenvalue weighted by Gasteiger charge is 2.74. The summed E-state index contributed by atoms with van der Waals surface area (Å²) >= 11 is 8.03. The molecule has 0 saturated carbocycles. The van der Waals surface area contributed by atoms with Gasteiger partial charge < -0.3 is 19.6 Å². The van der Waals surface area contributed by atoms with Crippen LogP contribution in [0.15, 0.2) is 42.5 Å². The van der Waals surface area contributed by atoms with E-state index in [0.29, 0.717) is 23.7 Å². The smallest absolute Gasteiger partial charge is 0.311 e. The fraction of sp³-hybridized carbons (Fsp3) is 0.480. The standard InChI is InChI=1S/C25H27ClN2O5S/c1-15-7-3-8-16(26)19(15)27-11-4-10-25-17(18-23(32)33-14-5-9-24(18,2)34-25)21(30)28(12-6-13-29)20(25)22(27)31/h3-5,7-10,17-18,20,29H,6,11-14H2,1-2H3/t17-,18-,20?,24+,25-/m0/s1. The second-order valence-corrected chi connectivity index (χ2v) is 11.6. The summed E-state index contributed by atoms with van der Waals surface area (Å²) in [4.78, 5) is 44.5. The summed E-state index contributed by atoms with van der Waals surface area (Å²) in [5.41, 5.74) is 1.48. The zero-order valence-corrected chi connectivity index (χ0v) is 20.6. The summed E-state index contributed by atoms with van der Waals surface area (Å²) in [6.45, 7) is 4.44. The van der Waals surface area contributed by atoms with Crippen molar-refractivity contribution in [3.05, 3.63) is 53.1 Å². The van der Waals surface area contributed by atoms with E-state index in [4.69, 9.17) is 16.3 Å². The van der Waals surface area contributed by atoms with E-state index in [0.717, 1.165) is 5.56 Å². The number of aliphatic hydroxyl groups excluding tert-OH is 1. The lowest BCUT2D eigenvalue weighted by Gasteiger charge is -2.37. The van der Waals surface area contributed by atoms with E-state index < -0.39 is 33.3 Å². The number of aliphatic hydroxyl groups is 1. The molecule has 4 aliphatic rings. The van der Waals surface area contributed by atoms with Crippen LogP contribution in [-0.2, 0) is 19.1 Å². The van der Waals surface area contributed by atoms with Gasteiger partial charge in [-0.1, -0.05) is 42.0 Å². The minimum absolute atomic E-state index is 0.107. The van der Waals surface area contributed by atoms with Gasteiger partial charge in [0.25, 0.3) is 5.91 Å². The number of cyclic esters (lactones) is 1. The molecular formula is C25H27ClN2O5S. The first-order valence-electron chi connectivity index (χ1n) is 11.5. The monoisotopic (exact) mass is 502 g/mol. The van der Waals surface area contributed by atoms with Crippen molar-refractivity contribution in [3.8, 4) is 0 Å². The molecule has 0 radical (unpaired) electrons. The Hall–Kier alpha value is -2.29. The highest BCUT2D eigenvalue weighted by Crippen LogP contribution is 2.65. The fourth-order valence-electron chi connectivity index (χ4n) is 6.00. The van der Waals surface area contributed by atoms with E-state index in [1.54, 1.807) is 15.9 Å². The number of ether oxygens (including phenoxy) is 1. The molecule has 1 N–H and O–H groups in total. The molecule has 0 bridgehead atoms. The van der Waals surface area contributed by atoms with Crippen LogP contribution < -0.4 is 4.90 Å². The van der Waals surface area contributed by atoms with Crippen molar-refractivity contribution in [2.45, 2.75) is 35.8 Å². The van der Waals surface area contributed by atoms with E-state index in [-0.39, 0.29) is 31.6 Å². The SMILES string of the molecule is Cc1cccc(Cl)c1N1CC=C[C@]23S[C@]4(C)C=CCOC(=O)[C@@H]4[C@H]2C(=O)N(CCCO)C3C1=O. The van der Waals surface area contributed by atoms with Crippen LogP contribution in [0.25, 0.3) is 0 Å².